The van der Waals surface area contributed by atoms with Crippen molar-refractivity contribution >= 4 is 11.7 Å². The van der Waals surface area contributed by atoms with Crippen molar-refractivity contribution in [2.24, 2.45) is 0 Å². The van der Waals surface area contributed by atoms with Crippen LogP contribution < -0.4 is 10.2 Å². The number of morpholine rings is 1. The maximum atomic E-state index is 13.0. The minimum Gasteiger partial charge on any atom is -0.359 e. The lowest BCUT2D eigenvalue weighted by atomic mass is 10.0. The molecule has 23 heavy (non-hydrogen) atoms. The van der Waals surface area contributed by atoms with Crippen molar-refractivity contribution in [1.82, 2.24) is 10.3 Å². The third-order valence-electron chi connectivity index (χ3n) is 3.46. The summed E-state index contributed by atoms with van der Waals surface area (Å²) in [5.74, 6) is 0.130. The summed E-state index contributed by atoms with van der Waals surface area (Å²) in [5, 5.41) is 2.64. The van der Waals surface area contributed by atoms with Gasteiger partial charge in [-0.3, -0.25) is 4.79 Å². The van der Waals surface area contributed by atoms with Gasteiger partial charge in [-0.15, -0.1) is 0 Å². The maximum absolute atomic E-state index is 13.0. The molecule has 0 saturated carbocycles. The van der Waals surface area contributed by atoms with Crippen molar-refractivity contribution in [2.75, 3.05) is 24.5 Å². The molecule has 1 aliphatic rings. The molecule has 0 aromatic carbocycles. The summed E-state index contributed by atoms with van der Waals surface area (Å²) in [5.41, 5.74) is -0.575. The summed E-state index contributed by atoms with van der Waals surface area (Å²) in [4.78, 5) is 17.3. The van der Waals surface area contributed by atoms with E-state index in [0.29, 0.717) is 17.9 Å². The molecule has 1 fully saturated rings. The fourth-order valence-electron chi connectivity index (χ4n) is 2.50. The van der Waals surface area contributed by atoms with E-state index in [1.165, 1.54) is 11.1 Å². The average molecular weight is 331 g/mol. The van der Waals surface area contributed by atoms with Crippen LogP contribution in [0.1, 0.15) is 31.1 Å². The highest BCUT2D eigenvalue weighted by atomic mass is 19.4. The standard InChI is InChI=1S/C15H20F3N3O2/c1-4-19-13(22)10-5-6-12(20-7-10)21-8-11(15(16,17)18)23-14(2,3)9-21/h5-7,11H,4,8-9H2,1-3H3,(H,19,22). The van der Waals surface area contributed by atoms with Gasteiger partial charge in [0.15, 0.2) is 6.10 Å². The number of aromatic nitrogens is 1. The van der Waals surface area contributed by atoms with E-state index in [-0.39, 0.29) is 19.0 Å². The van der Waals surface area contributed by atoms with Crippen LogP contribution in [-0.2, 0) is 4.74 Å². The molecule has 1 atom stereocenters. The Morgan fingerprint density at radius 3 is 2.70 bits per heavy atom. The molecule has 0 aliphatic carbocycles. The highest BCUT2D eigenvalue weighted by molar-refractivity contribution is 5.94. The molecule has 2 heterocycles. The predicted molar refractivity (Wildman–Crippen MR) is 79.5 cm³/mol. The number of anilines is 1. The number of ether oxygens (including phenoxy) is 1. The normalized spacial score (nSPS) is 21.1. The molecule has 5 nitrogen and oxygen atoms in total. The van der Waals surface area contributed by atoms with Crippen molar-refractivity contribution in [2.45, 2.75) is 38.7 Å². The van der Waals surface area contributed by atoms with Gasteiger partial charge in [0, 0.05) is 19.3 Å². The zero-order chi connectivity index (χ0) is 17.3. The molecule has 128 valence electrons. The molecule has 1 aliphatic heterocycles. The number of pyridine rings is 1. The first-order valence-electron chi connectivity index (χ1n) is 7.36. The Kier molecular flexibility index (Phi) is 4.84. The van der Waals surface area contributed by atoms with Crippen molar-refractivity contribution in [3.05, 3.63) is 23.9 Å². The van der Waals surface area contributed by atoms with Crippen LogP contribution in [0.5, 0.6) is 0 Å². The lowest BCUT2D eigenvalue weighted by Gasteiger charge is -2.43. The van der Waals surface area contributed by atoms with E-state index >= 15 is 0 Å². The number of hydrogen-bond donors (Lipinski definition) is 1. The molecule has 2 rings (SSSR count). The minimum atomic E-state index is -4.43. The number of rotatable bonds is 3. The number of carbonyl (C=O) groups excluding carboxylic acids is 1. The molecule has 1 unspecified atom stereocenters. The van der Waals surface area contributed by atoms with Gasteiger partial charge < -0.3 is 15.0 Å². The van der Waals surface area contributed by atoms with Gasteiger partial charge in [-0.25, -0.2) is 4.98 Å². The summed E-state index contributed by atoms with van der Waals surface area (Å²) in [6, 6.07) is 3.11. The summed E-state index contributed by atoms with van der Waals surface area (Å²) in [7, 11) is 0. The SMILES string of the molecule is CCNC(=O)c1ccc(N2CC(C(F)(F)F)OC(C)(C)C2)nc1. The fraction of sp³-hybridized carbons (Fsp3) is 0.600. The third kappa shape index (κ3) is 4.34. The molecule has 1 amide bonds. The zero-order valence-electron chi connectivity index (χ0n) is 13.3. The Balaban J connectivity index is 2.18. The first-order chi connectivity index (χ1) is 10.6. The summed E-state index contributed by atoms with van der Waals surface area (Å²) >= 11 is 0. The van der Waals surface area contributed by atoms with Gasteiger partial charge in [-0.05, 0) is 32.9 Å². The van der Waals surface area contributed by atoms with Gasteiger partial charge in [-0.1, -0.05) is 0 Å². The molecule has 1 aromatic rings. The Hall–Kier alpha value is -1.83. The van der Waals surface area contributed by atoms with Crippen LogP contribution in [0.15, 0.2) is 18.3 Å². The second-order valence-corrected chi connectivity index (χ2v) is 6.05. The lowest BCUT2D eigenvalue weighted by Crippen LogP contribution is -2.57. The Morgan fingerprint density at radius 1 is 1.48 bits per heavy atom. The molecule has 0 radical (unpaired) electrons. The zero-order valence-corrected chi connectivity index (χ0v) is 13.3. The van der Waals surface area contributed by atoms with E-state index in [1.807, 2.05) is 0 Å². The van der Waals surface area contributed by atoms with Crippen LogP contribution in [0.25, 0.3) is 0 Å². The van der Waals surface area contributed by atoms with Gasteiger partial charge >= 0.3 is 6.18 Å². The molecular weight excluding hydrogens is 311 g/mol. The van der Waals surface area contributed by atoms with Crippen molar-refractivity contribution < 1.29 is 22.7 Å². The molecule has 0 bridgehead atoms. The first kappa shape index (κ1) is 17.5. The average Bonchev–Trinajstić information content (AvgIpc) is 2.45. The van der Waals surface area contributed by atoms with Gasteiger partial charge in [0.25, 0.3) is 5.91 Å². The van der Waals surface area contributed by atoms with Gasteiger partial charge in [0.05, 0.1) is 17.7 Å². The number of hydrogen-bond acceptors (Lipinski definition) is 4. The molecular formula is C15H20F3N3O2. The van der Waals surface area contributed by atoms with Crippen molar-refractivity contribution in [3.63, 3.8) is 0 Å². The van der Waals surface area contributed by atoms with Gasteiger partial charge in [0.1, 0.15) is 5.82 Å². The molecule has 1 N–H and O–H groups in total. The molecule has 1 saturated heterocycles. The van der Waals surface area contributed by atoms with E-state index in [2.05, 4.69) is 10.3 Å². The minimum absolute atomic E-state index is 0.262. The van der Waals surface area contributed by atoms with E-state index in [1.54, 1.807) is 32.9 Å². The number of nitrogens with one attached hydrogen (secondary N) is 1. The topological polar surface area (TPSA) is 54.5 Å². The van der Waals surface area contributed by atoms with Crippen molar-refractivity contribution in [1.29, 1.82) is 0 Å². The number of alkyl halides is 3. The number of nitrogens with zero attached hydrogens (tertiary/aromatic N) is 2. The van der Waals surface area contributed by atoms with Crippen LogP contribution in [0.3, 0.4) is 0 Å². The van der Waals surface area contributed by atoms with Crippen molar-refractivity contribution in [3.8, 4) is 0 Å². The van der Waals surface area contributed by atoms with Gasteiger partial charge in [-0.2, -0.15) is 13.2 Å². The second-order valence-electron chi connectivity index (χ2n) is 6.05. The monoisotopic (exact) mass is 331 g/mol. The molecule has 8 heteroatoms. The predicted octanol–water partition coefficient (Wildman–Crippen LogP) is 2.38. The Labute approximate surface area is 132 Å². The highest BCUT2D eigenvalue weighted by Crippen LogP contribution is 2.33. The van der Waals surface area contributed by atoms with Crippen LogP contribution in [0.2, 0.25) is 0 Å². The second kappa shape index (κ2) is 6.35. The summed E-state index contributed by atoms with van der Waals surface area (Å²) < 4.78 is 44.1. The Morgan fingerprint density at radius 2 is 2.17 bits per heavy atom. The number of carbonyl (C=O) groups is 1. The largest absolute Gasteiger partial charge is 0.416 e. The van der Waals surface area contributed by atoms with Crippen LogP contribution >= 0.6 is 0 Å². The summed E-state index contributed by atoms with van der Waals surface area (Å²) in [6.07, 6.45) is -4.93. The summed E-state index contributed by atoms with van der Waals surface area (Å²) in [6.45, 7) is 5.48. The number of amides is 1. The van der Waals surface area contributed by atoms with E-state index < -0.39 is 17.9 Å². The quantitative estimate of drug-likeness (QED) is 0.924. The number of halogens is 3. The van der Waals surface area contributed by atoms with E-state index in [4.69, 9.17) is 4.74 Å². The first-order valence-corrected chi connectivity index (χ1v) is 7.36. The van der Waals surface area contributed by atoms with Crippen LogP contribution in [0, 0.1) is 0 Å². The van der Waals surface area contributed by atoms with E-state index in [0.717, 1.165) is 0 Å². The maximum Gasteiger partial charge on any atom is 0.416 e. The van der Waals surface area contributed by atoms with Crippen LogP contribution in [-0.4, -0.2) is 48.4 Å². The van der Waals surface area contributed by atoms with E-state index in [9.17, 15) is 18.0 Å². The van der Waals surface area contributed by atoms with Gasteiger partial charge in [0.2, 0.25) is 0 Å². The third-order valence-corrected chi connectivity index (χ3v) is 3.46. The lowest BCUT2D eigenvalue weighted by molar-refractivity contribution is -0.251. The fourth-order valence-corrected chi connectivity index (χ4v) is 2.50. The molecule has 0 spiro atoms. The highest BCUT2D eigenvalue weighted by Gasteiger charge is 2.48. The smallest absolute Gasteiger partial charge is 0.359 e. The molecule has 1 aromatic heterocycles. The van der Waals surface area contributed by atoms with Crippen LogP contribution in [0.4, 0.5) is 19.0 Å². The Bertz CT molecular complexity index is 558.